The molecule has 0 saturated heterocycles. The second kappa shape index (κ2) is 5.42. The maximum atomic E-state index is 14.1. The van der Waals surface area contributed by atoms with Gasteiger partial charge in [-0.25, -0.2) is 9.07 Å². The molecule has 0 aliphatic carbocycles. The third-order valence-electron chi connectivity index (χ3n) is 3.92. The molecule has 120 valence electrons. The number of hydrogen-bond acceptors (Lipinski definition) is 4. The van der Waals surface area contributed by atoms with E-state index >= 15 is 0 Å². The van der Waals surface area contributed by atoms with E-state index in [0.29, 0.717) is 38.4 Å². The summed E-state index contributed by atoms with van der Waals surface area (Å²) in [6.07, 6.45) is 0. The van der Waals surface area contributed by atoms with Crippen molar-refractivity contribution in [3.63, 3.8) is 0 Å². The predicted molar refractivity (Wildman–Crippen MR) is 90.8 cm³/mol. The first-order valence-corrected chi connectivity index (χ1v) is 7.59. The quantitative estimate of drug-likeness (QED) is 0.553. The Labute approximate surface area is 141 Å². The number of nitrogens with zero attached hydrogens (tertiary/aromatic N) is 4. The van der Waals surface area contributed by atoms with Crippen LogP contribution >= 0.6 is 11.6 Å². The molecule has 0 aliphatic rings. The minimum Gasteiger partial charge on any atom is -0.494 e. The van der Waals surface area contributed by atoms with Crippen LogP contribution in [-0.4, -0.2) is 27.1 Å². The zero-order chi connectivity index (χ0) is 16.8. The zero-order valence-electron chi connectivity index (χ0n) is 12.9. The van der Waals surface area contributed by atoms with Crippen molar-refractivity contribution in [3.05, 3.63) is 47.2 Å². The molecule has 0 N–H and O–H groups in total. The first kappa shape index (κ1) is 14.8. The lowest BCUT2D eigenvalue weighted by Crippen LogP contribution is -1.96. The van der Waals surface area contributed by atoms with Gasteiger partial charge in [0, 0.05) is 24.1 Å². The average molecular weight is 343 g/mol. The van der Waals surface area contributed by atoms with Crippen LogP contribution in [0.3, 0.4) is 0 Å². The molecule has 0 bridgehead atoms. The van der Waals surface area contributed by atoms with Gasteiger partial charge in [0.15, 0.2) is 5.65 Å². The Bertz CT molecular complexity index is 1090. The van der Waals surface area contributed by atoms with Gasteiger partial charge in [0.25, 0.3) is 0 Å². The van der Waals surface area contributed by atoms with Crippen molar-refractivity contribution in [1.29, 1.82) is 0 Å². The molecule has 0 atom stereocenters. The fourth-order valence-electron chi connectivity index (χ4n) is 2.84. The third-order valence-corrected chi connectivity index (χ3v) is 4.25. The summed E-state index contributed by atoms with van der Waals surface area (Å²) in [5.74, 6) is -0.0871. The Kier molecular flexibility index (Phi) is 3.35. The highest BCUT2D eigenvalue weighted by Gasteiger charge is 2.20. The van der Waals surface area contributed by atoms with E-state index in [1.807, 2.05) is 18.2 Å². The molecule has 4 rings (SSSR count). The molecule has 0 fully saturated rings. The molecule has 2 heterocycles. The second-order valence-corrected chi connectivity index (χ2v) is 5.76. The standard InChI is InChI=1S/C17H12ClFN4O/c1-23-17-14(16(22-23)10-5-3-4-6-12(10)18)11-7-9(19)8-13(24-2)15(11)20-21-17/h3-8H,1-2H3. The van der Waals surface area contributed by atoms with Crippen molar-refractivity contribution in [2.75, 3.05) is 7.11 Å². The maximum absolute atomic E-state index is 14.1. The minimum absolute atomic E-state index is 0.327. The number of methoxy groups -OCH3 is 1. The SMILES string of the molecule is COc1cc(F)cc2c1nnc1c2c(-c2ccccc2Cl)nn1C. The van der Waals surface area contributed by atoms with Crippen molar-refractivity contribution in [2.45, 2.75) is 0 Å². The normalized spacial score (nSPS) is 11.3. The van der Waals surface area contributed by atoms with Crippen LogP contribution in [0.4, 0.5) is 4.39 Å². The molecular formula is C17H12ClFN4O. The summed E-state index contributed by atoms with van der Waals surface area (Å²) in [5, 5.41) is 14.8. The molecule has 2 aromatic heterocycles. The van der Waals surface area contributed by atoms with Gasteiger partial charge in [-0.3, -0.25) is 0 Å². The first-order chi connectivity index (χ1) is 11.6. The molecule has 7 heteroatoms. The summed E-state index contributed by atoms with van der Waals surface area (Å²) in [6, 6.07) is 10.1. The Balaban J connectivity index is 2.20. The average Bonchev–Trinajstić information content (AvgIpc) is 2.91. The van der Waals surface area contributed by atoms with Crippen LogP contribution in [0.25, 0.3) is 33.2 Å². The lowest BCUT2D eigenvalue weighted by molar-refractivity contribution is 0.415. The number of ether oxygens (including phenoxy) is 1. The van der Waals surface area contributed by atoms with Gasteiger partial charge in [-0.2, -0.15) is 5.10 Å². The van der Waals surface area contributed by atoms with Gasteiger partial charge in [0.05, 0.1) is 17.5 Å². The van der Waals surface area contributed by atoms with Crippen LogP contribution < -0.4 is 4.74 Å². The van der Waals surface area contributed by atoms with Crippen molar-refractivity contribution in [1.82, 2.24) is 20.0 Å². The lowest BCUT2D eigenvalue weighted by Gasteiger charge is -2.06. The molecule has 0 saturated carbocycles. The Morgan fingerprint density at radius 3 is 2.71 bits per heavy atom. The van der Waals surface area contributed by atoms with Gasteiger partial charge in [-0.15, -0.1) is 10.2 Å². The number of halogens is 2. The van der Waals surface area contributed by atoms with E-state index in [4.69, 9.17) is 16.3 Å². The second-order valence-electron chi connectivity index (χ2n) is 5.35. The van der Waals surface area contributed by atoms with Crippen LogP contribution in [0.1, 0.15) is 0 Å². The van der Waals surface area contributed by atoms with E-state index in [2.05, 4.69) is 15.3 Å². The van der Waals surface area contributed by atoms with E-state index in [-0.39, 0.29) is 0 Å². The fraction of sp³-hybridized carbons (Fsp3) is 0.118. The first-order valence-electron chi connectivity index (χ1n) is 7.21. The summed E-state index contributed by atoms with van der Waals surface area (Å²) in [6.45, 7) is 0. The third kappa shape index (κ3) is 2.11. The monoisotopic (exact) mass is 342 g/mol. The summed E-state index contributed by atoms with van der Waals surface area (Å²) in [4.78, 5) is 0. The van der Waals surface area contributed by atoms with E-state index in [9.17, 15) is 4.39 Å². The molecule has 4 aromatic rings. The maximum Gasteiger partial charge on any atom is 0.181 e. The molecule has 0 amide bonds. The predicted octanol–water partition coefficient (Wildman–Crippen LogP) is 3.98. The number of benzene rings is 2. The van der Waals surface area contributed by atoms with Gasteiger partial charge >= 0.3 is 0 Å². The van der Waals surface area contributed by atoms with Gasteiger partial charge in [-0.1, -0.05) is 29.8 Å². The minimum atomic E-state index is -0.414. The van der Waals surface area contributed by atoms with Gasteiger partial charge < -0.3 is 4.74 Å². The summed E-state index contributed by atoms with van der Waals surface area (Å²) >= 11 is 6.33. The number of aryl methyl sites for hydroxylation is 1. The summed E-state index contributed by atoms with van der Waals surface area (Å²) in [5.41, 5.74) is 2.41. The van der Waals surface area contributed by atoms with Crippen LogP contribution in [0.2, 0.25) is 5.02 Å². The van der Waals surface area contributed by atoms with Crippen LogP contribution in [0.15, 0.2) is 36.4 Å². The van der Waals surface area contributed by atoms with E-state index in [1.165, 1.54) is 19.2 Å². The summed E-state index contributed by atoms with van der Waals surface area (Å²) < 4.78 is 20.9. The Morgan fingerprint density at radius 1 is 1.17 bits per heavy atom. The smallest absolute Gasteiger partial charge is 0.181 e. The number of hydrogen-bond donors (Lipinski definition) is 0. The highest BCUT2D eigenvalue weighted by atomic mass is 35.5. The van der Waals surface area contributed by atoms with Crippen molar-refractivity contribution in [3.8, 4) is 17.0 Å². The highest BCUT2D eigenvalue weighted by molar-refractivity contribution is 6.33. The van der Waals surface area contributed by atoms with Crippen LogP contribution in [-0.2, 0) is 7.05 Å². The summed E-state index contributed by atoms with van der Waals surface area (Å²) in [7, 11) is 3.23. The molecule has 0 spiro atoms. The van der Waals surface area contributed by atoms with Crippen molar-refractivity contribution in [2.24, 2.45) is 7.05 Å². The molecule has 0 aliphatic heterocycles. The van der Waals surface area contributed by atoms with Crippen LogP contribution in [0.5, 0.6) is 5.75 Å². The van der Waals surface area contributed by atoms with Crippen LogP contribution in [0, 0.1) is 5.82 Å². The van der Waals surface area contributed by atoms with E-state index in [1.54, 1.807) is 17.8 Å². The Hall–Kier alpha value is -2.73. The topological polar surface area (TPSA) is 52.8 Å². The zero-order valence-corrected chi connectivity index (χ0v) is 13.7. The lowest BCUT2D eigenvalue weighted by atomic mass is 10.1. The number of aromatic nitrogens is 4. The van der Waals surface area contributed by atoms with E-state index < -0.39 is 5.82 Å². The Morgan fingerprint density at radius 2 is 1.96 bits per heavy atom. The number of rotatable bonds is 2. The molecular weight excluding hydrogens is 331 g/mol. The molecule has 2 aromatic carbocycles. The molecule has 24 heavy (non-hydrogen) atoms. The largest absolute Gasteiger partial charge is 0.494 e. The van der Waals surface area contributed by atoms with Gasteiger partial charge in [-0.05, 0) is 12.1 Å². The van der Waals surface area contributed by atoms with Gasteiger partial charge in [0.1, 0.15) is 22.8 Å². The van der Waals surface area contributed by atoms with Crippen molar-refractivity contribution < 1.29 is 9.13 Å². The van der Waals surface area contributed by atoms with E-state index in [0.717, 1.165) is 5.56 Å². The molecule has 0 radical (unpaired) electrons. The van der Waals surface area contributed by atoms with Gasteiger partial charge in [0.2, 0.25) is 0 Å². The number of fused-ring (bicyclic) bond motifs is 3. The highest BCUT2D eigenvalue weighted by Crippen LogP contribution is 2.37. The molecule has 5 nitrogen and oxygen atoms in total. The fourth-order valence-corrected chi connectivity index (χ4v) is 3.07. The molecule has 0 unspecified atom stereocenters. The van der Waals surface area contributed by atoms with Crippen molar-refractivity contribution >= 4 is 33.5 Å².